The van der Waals surface area contributed by atoms with Gasteiger partial charge >= 0.3 is 0 Å². The van der Waals surface area contributed by atoms with Gasteiger partial charge in [-0.2, -0.15) is 5.26 Å². The first-order valence-corrected chi connectivity index (χ1v) is 9.42. The van der Waals surface area contributed by atoms with Crippen molar-refractivity contribution in [2.75, 3.05) is 48.5 Å². The zero-order valence-corrected chi connectivity index (χ0v) is 15.8. The van der Waals surface area contributed by atoms with E-state index in [-0.39, 0.29) is 6.04 Å². The Morgan fingerprint density at radius 2 is 1.81 bits per heavy atom. The van der Waals surface area contributed by atoms with E-state index in [9.17, 15) is 5.26 Å². The molecule has 0 radical (unpaired) electrons. The Kier molecular flexibility index (Phi) is 4.48. The summed E-state index contributed by atoms with van der Waals surface area (Å²) in [6.45, 7) is 8.02. The van der Waals surface area contributed by atoms with Gasteiger partial charge in [0.25, 0.3) is 0 Å². The number of rotatable bonds is 4. The summed E-state index contributed by atoms with van der Waals surface area (Å²) < 4.78 is 13.0. The van der Waals surface area contributed by atoms with E-state index < -0.39 is 0 Å². The van der Waals surface area contributed by atoms with Crippen molar-refractivity contribution in [3.63, 3.8) is 0 Å². The van der Waals surface area contributed by atoms with E-state index in [1.807, 2.05) is 12.1 Å². The number of aromatic nitrogens is 1. The fraction of sp³-hybridized carbons (Fsp3) is 0.450. The third-order valence-corrected chi connectivity index (χ3v) is 5.48. The average Bonchev–Trinajstić information content (AvgIpc) is 3.30. The molecule has 1 saturated heterocycles. The fourth-order valence-corrected chi connectivity index (χ4v) is 3.84. The van der Waals surface area contributed by atoms with E-state index in [1.54, 1.807) is 6.07 Å². The summed E-state index contributed by atoms with van der Waals surface area (Å²) in [6, 6.07) is 10.4. The number of nitrogens with zero attached hydrogens (tertiary/aromatic N) is 4. The van der Waals surface area contributed by atoms with Crippen LogP contribution in [0, 0.1) is 11.3 Å². The van der Waals surface area contributed by atoms with Crippen LogP contribution in [0.1, 0.15) is 32.0 Å². The van der Waals surface area contributed by atoms with Gasteiger partial charge in [-0.05, 0) is 31.5 Å². The third-order valence-electron chi connectivity index (χ3n) is 5.48. The predicted octanol–water partition coefficient (Wildman–Crippen LogP) is 2.97. The molecule has 27 heavy (non-hydrogen) atoms. The Hall–Kier alpha value is -3.01. The van der Waals surface area contributed by atoms with Crippen LogP contribution in [-0.2, 0) is 0 Å². The van der Waals surface area contributed by atoms with Crippen LogP contribution < -0.4 is 25.0 Å². The molecule has 0 saturated carbocycles. The van der Waals surface area contributed by atoms with Crippen molar-refractivity contribution in [3.05, 3.63) is 30.0 Å². The second-order valence-electron chi connectivity index (χ2n) is 7.06. The highest BCUT2D eigenvalue weighted by Crippen LogP contribution is 2.37. The zero-order valence-electron chi connectivity index (χ0n) is 15.8. The van der Waals surface area contributed by atoms with Crippen LogP contribution in [0.5, 0.6) is 11.5 Å². The standard InChI is InChI=1S/C20H25N5O2/c1-3-14(2)25-16(12-21)10-17(22)20(25)24-8-6-23(7-9-24)15-4-5-18-19(11-15)27-13-26-18/h4-5,10-11,14H,3,6-9,13,22H2,1-2H3/t14-/m1/s1. The molecule has 1 aromatic heterocycles. The number of hydrogen-bond donors (Lipinski definition) is 1. The molecule has 0 spiro atoms. The number of hydrogen-bond acceptors (Lipinski definition) is 6. The summed E-state index contributed by atoms with van der Waals surface area (Å²) in [6.07, 6.45) is 0.951. The lowest BCUT2D eigenvalue weighted by molar-refractivity contribution is 0.174. The molecule has 0 aliphatic carbocycles. The molecular weight excluding hydrogens is 342 g/mol. The molecule has 7 nitrogen and oxygen atoms in total. The number of nitrogen functional groups attached to an aromatic ring is 1. The topological polar surface area (TPSA) is 79.7 Å². The van der Waals surface area contributed by atoms with Gasteiger partial charge < -0.3 is 29.6 Å². The maximum absolute atomic E-state index is 9.49. The molecule has 2 N–H and O–H groups in total. The van der Waals surface area contributed by atoms with Crippen molar-refractivity contribution in [2.24, 2.45) is 0 Å². The highest BCUT2D eigenvalue weighted by Gasteiger charge is 2.26. The van der Waals surface area contributed by atoms with E-state index in [4.69, 9.17) is 15.2 Å². The third kappa shape index (κ3) is 3.01. The molecule has 7 heteroatoms. The molecule has 4 rings (SSSR count). The molecule has 1 aromatic carbocycles. The molecule has 2 aliphatic rings. The minimum absolute atomic E-state index is 0.235. The lowest BCUT2D eigenvalue weighted by Crippen LogP contribution is -2.47. The molecule has 142 valence electrons. The number of nitriles is 1. The monoisotopic (exact) mass is 367 g/mol. The van der Waals surface area contributed by atoms with Crippen LogP contribution in [0.15, 0.2) is 24.3 Å². The minimum atomic E-state index is 0.235. The Balaban J connectivity index is 1.53. The Morgan fingerprint density at radius 1 is 1.11 bits per heavy atom. The Labute approximate surface area is 159 Å². The highest BCUT2D eigenvalue weighted by atomic mass is 16.7. The van der Waals surface area contributed by atoms with Gasteiger partial charge in [0.2, 0.25) is 6.79 Å². The summed E-state index contributed by atoms with van der Waals surface area (Å²) in [5, 5.41) is 9.49. The molecule has 3 heterocycles. The summed E-state index contributed by atoms with van der Waals surface area (Å²) >= 11 is 0. The van der Waals surface area contributed by atoms with Crippen molar-refractivity contribution >= 4 is 17.2 Å². The number of piperazine rings is 1. The highest BCUT2D eigenvalue weighted by molar-refractivity contribution is 5.69. The van der Waals surface area contributed by atoms with Gasteiger partial charge in [-0.25, -0.2) is 0 Å². The summed E-state index contributed by atoms with van der Waals surface area (Å²) in [5.74, 6) is 2.59. The van der Waals surface area contributed by atoms with Gasteiger partial charge in [0.1, 0.15) is 17.6 Å². The first kappa shape index (κ1) is 17.4. The largest absolute Gasteiger partial charge is 0.454 e. The molecule has 0 bridgehead atoms. The van der Waals surface area contributed by atoms with Crippen LogP contribution in [0.25, 0.3) is 0 Å². The van der Waals surface area contributed by atoms with Gasteiger partial charge in [0.05, 0.1) is 5.69 Å². The second-order valence-corrected chi connectivity index (χ2v) is 7.06. The van der Waals surface area contributed by atoms with Crippen LogP contribution >= 0.6 is 0 Å². The number of benzene rings is 1. The number of nitrogens with two attached hydrogens (primary N) is 1. The number of anilines is 3. The van der Waals surface area contributed by atoms with E-state index >= 15 is 0 Å². The lowest BCUT2D eigenvalue weighted by atomic mass is 10.2. The fourth-order valence-electron chi connectivity index (χ4n) is 3.84. The predicted molar refractivity (Wildman–Crippen MR) is 106 cm³/mol. The summed E-state index contributed by atoms with van der Waals surface area (Å²) in [7, 11) is 0. The minimum Gasteiger partial charge on any atom is -0.454 e. The van der Waals surface area contributed by atoms with Crippen LogP contribution in [0.4, 0.5) is 17.2 Å². The molecule has 0 amide bonds. The van der Waals surface area contributed by atoms with Crippen LogP contribution in [0.2, 0.25) is 0 Å². The second kappa shape index (κ2) is 6.95. The maximum Gasteiger partial charge on any atom is 0.231 e. The molecule has 1 fully saturated rings. The Morgan fingerprint density at radius 3 is 2.52 bits per heavy atom. The van der Waals surface area contributed by atoms with Crippen molar-refractivity contribution in [3.8, 4) is 17.6 Å². The van der Waals surface area contributed by atoms with Gasteiger partial charge in [0.15, 0.2) is 11.5 Å². The summed E-state index contributed by atoms with van der Waals surface area (Å²) in [5.41, 5.74) is 8.75. The quantitative estimate of drug-likeness (QED) is 0.895. The van der Waals surface area contributed by atoms with Crippen LogP contribution in [-0.4, -0.2) is 37.5 Å². The number of fused-ring (bicyclic) bond motifs is 1. The molecule has 0 unspecified atom stereocenters. The van der Waals surface area contributed by atoms with Gasteiger partial charge in [0, 0.05) is 44.0 Å². The molecule has 2 aromatic rings. The van der Waals surface area contributed by atoms with E-state index in [2.05, 4.69) is 40.3 Å². The van der Waals surface area contributed by atoms with Crippen LogP contribution in [0.3, 0.4) is 0 Å². The molecule has 1 atom stereocenters. The Bertz CT molecular complexity index is 877. The van der Waals surface area contributed by atoms with Gasteiger partial charge in [-0.3, -0.25) is 0 Å². The van der Waals surface area contributed by atoms with E-state index in [1.165, 1.54) is 0 Å². The van der Waals surface area contributed by atoms with E-state index in [0.29, 0.717) is 18.2 Å². The lowest BCUT2D eigenvalue weighted by Gasteiger charge is -2.38. The van der Waals surface area contributed by atoms with Crippen molar-refractivity contribution < 1.29 is 9.47 Å². The van der Waals surface area contributed by atoms with Crippen molar-refractivity contribution in [1.29, 1.82) is 5.26 Å². The van der Waals surface area contributed by atoms with Gasteiger partial charge in [-0.1, -0.05) is 6.92 Å². The maximum atomic E-state index is 9.49. The summed E-state index contributed by atoms with van der Waals surface area (Å²) in [4.78, 5) is 4.64. The first-order chi connectivity index (χ1) is 13.1. The number of ether oxygens (including phenoxy) is 2. The zero-order chi connectivity index (χ0) is 19.0. The average molecular weight is 367 g/mol. The smallest absolute Gasteiger partial charge is 0.231 e. The van der Waals surface area contributed by atoms with Crippen molar-refractivity contribution in [1.82, 2.24) is 4.57 Å². The first-order valence-electron chi connectivity index (χ1n) is 9.42. The molecule has 2 aliphatic heterocycles. The molecular formula is C20H25N5O2. The SMILES string of the molecule is CC[C@@H](C)n1c(C#N)cc(N)c1N1CCN(c2ccc3c(c2)OCO3)CC1. The van der Waals surface area contributed by atoms with Gasteiger partial charge in [-0.15, -0.1) is 0 Å². The van der Waals surface area contributed by atoms with Crippen molar-refractivity contribution in [2.45, 2.75) is 26.3 Å². The van der Waals surface area contributed by atoms with E-state index in [0.717, 1.165) is 55.6 Å². The normalized spacial score (nSPS) is 17.1.